The van der Waals surface area contributed by atoms with Crippen LogP contribution in [-0.2, 0) is 25.8 Å². The van der Waals surface area contributed by atoms with Gasteiger partial charge in [0.25, 0.3) is 0 Å². The molecule has 0 spiro atoms. The molecule has 0 amide bonds. The molecule has 0 saturated heterocycles. The fourth-order valence-electron chi connectivity index (χ4n) is 5.19. The first kappa shape index (κ1) is 22.1. The van der Waals surface area contributed by atoms with Gasteiger partial charge in [0, 0.05) is 32.2 Å². The minimum atomic E-state index is 0.494. The summed E-state index contributed by atoms with van der Waals surface area (Å²) < 4.78 is 0. The number of rotatable bonds is 8. The number of aryl methyl sites for hydroxylation is 2. The second kappa shape index (κ2) is 10.4. The largest absolute Gasteiger partial charge is 0.362 e. The Bertz CT molecular complexity index is 855. The molecule has 31 heavy (non-hydrogen) atoms. The minimum absolute atomic E-state index is 0.494. The zero-order valence-corrected chi connectivity index (χ0v) is 19.6. The van der Waals surface area contributed by atoms with Crippen LogP contribution >= 0.6 is 0 Å². The van der Waals surface area contributed by atoms with Gasteiger partial charge in [-0.3, -0.25) is 0 Å². The van der Waals surface area contributed by atoms with Crippen molar-refractivity contribution in [2.24, 2.45) is 5.92 Å². The van der Waals surface area contributed by atoms with E-state index in [0.717, 1.165) is 50.0 Å². The van der Waals surface area contributed by atoms with E-state index in [0.29, 0.717) is 6.04 Å². The first-order valence-electron chi connectivity index (χ1n) is 12.2. The maximum atomic E-state index is 4.91. The summed E-state index contributed by atoms with van der Waals surface area (Å²) >= 11 is 0. The molecule has 1 heterocycles. The normalized spacial score (nSPS) is 20.9. The van der Waals surface area contributed by atoms with Crippen molar-refractivity contribution in [3.8, 4) is 0 Å². The number of hydrogen-bond acceptors (Lipinski definition) is 5. The molecule has 1 aromatic heterocycles. The summed E-state index contributed by atoms with van der Waals surface area (Å²) in [5.41, 5.74) is 5.53. The Morgan fingerprint density at radius 2 is 1.71 bits per heavy atom. The Balaban J connectivity index is 1.27. The second-order valence-electron chi connectivity index (χ2n) is 9.51. The predicted molar refractivity (Wildman–Crippen MR) is 130 cm³/mol. The number of benzene rings is 1. The minimum Gasteiger partial charge on any atom is -0.362 e. The van der Waals surface area contributed by atoms with Crippen LogP contribution < -0.4 is 15.5 Å². The first-order chi connectivity index (χ1) is 15.1. The van der Waals surface area contributed by atoms with E-state index >= 15 is 0 Å². The van der Waals surface area contributed by atoms with Crippen LogP contribution in [0.1, 0.15) is 67.8 Å². The highest BCUT2D eigenvalue weighted by atomic mass is 15.2. The summed E-state index contributed by atoms with van der Waals surface area (Å²) in [6.07, 6.45) is 10.8. The lowest BCUT2D eigenvalue weighted by Gasteiger charge is -2.30. The average molecular weight is 422 g/mol. The third kappa shape index (κ3) is 5.57. The van der Waals surface area contributed by atoms with Crippen LogP contribution in [0.15, 0.2) is 24.3 Å². The molecule has 0 aliphatic heterocycles. The van der Waals surface area contributed by atoms with Gasteiger partial charge in [-0.05, 0) is 81.4 Å². The van der Waals surface area contributed by atoms with Crippen molar-refractivity contribution in [3.63, 3.8) is 0 Å². The van der Waals surface area contributed by atoms with Crippen LogP contribution in [0.2, 0.25) is 0 Å². The predicted octanol–water partition coefficient (Wildman–Crippen LogP) is 4.74. The van der Waals surface area contributed by atoms with Crippen molar-refractivity contribution in [2.75, 3.05) is 30.9 Å². The van der Waals surface area contributed by atoms with Crippen molar-refractivity contribution < 1.29 is 0 Å². The SMILES string of the molecule is CCc1ccccc1CNC[C@H]1CC[C@@H](Nc2nc3c(c(N(C)C)n2)CCCC3)CC1. The summed E-state index contributed by atoms with van der Waals surface area (Å²) in [4.78, 5) is 11.9. The van der Waals surface area contributed by atoms with Crippen molar-refractivity contribution in [1.29, 1.82) is 0 Å². The molecule has 1 fully saturated rings. The lowest BCUT2D eigenvalue weighted by molar-refractivity contribution is 0.323. The molecular formula is C26H39N5. The monoisotopic (exact) mass is 421 g/mol. The molecule has 0 radical (unpaired) electrons. The summed E-state index contributed by atoms with van der Waals surface area (Å²) in [5, 5.41) is 7.39. The molecule has 0 atom stereocenters. The van der Waals surface area contributed by atoms with Crippen LogP contribution in [0.4, 0.5) is 11.8 Å². The second-order valence-corrected chi connectivity index (χ2v) is 9.51. The van der Waals surface area contributed by atoms with Crippen LogP contribution in [0, 0.1) is 5.92 Å². The van der Waals surface area contributed by atoms with E-state index in [4.69, 9.17) is 9.97 Å². The molecule has 2 aliphatic carbocycles. The van der Waals surface area contributed by atoms with Gasteiger partial charge in [0.15, 0.2) is 0 Å². The Labute approximate surface area is 188 Å². The van der Waals surface area contributed by atoms with Gasteiger partial charge >= 0.3 is 0 Å². The fraction of sp³-hybridized carbons (Fsp3) is 0.615. The van der Waals surface area contributed by atoms with E-state index < -0.39 is 0 Å². The van der Waals surface area contributed by atoms with Crippen LogP contribution in [0.25, 0.3) is 0 Å². The number of hydrogen-bond donors (Lipinski definition) is 2. The van der Waals surface area contributed by atoms with E-state index in [-0.39, 0.29) is 0 Å². The molecule has 1 aromatic carbocycles. The molecule has 0 unspecified atom stereocenters. The van der Waals surface area contributed by atoms with Gasteiger partial charge in [0.05, 0.1) is 5.69 Å². The quantitative estimate of drug-likeness (QED) is 0.644. The molecule has 5 nitrogen and oxygen atoms in total. The molecule has 2 aliphatic rings. The molecule has 0 bridgehead atoms. The van der Waals surface area contributed by atoms with Crippen LogP contribution in [0.3, 0.4) is 0 Å². The van der Waals surface area contributed by atoms with E-state index in [1.165, 1.54) is 60.9 Å². The molecule has 4 rings (SSSR count). The van der Waals surface area contributed by atoms with Gasteiger partial charge in [-0.1, -0.05) is 31.2 Å². The van der Waals surface area contributed by atoms with Gasteiger partial charge < -0.3 is 15.5 Å². The molecular weight excluding hydrogens is 382 g/mol. The molecule has 2 aromatic rings. The van der Waals surface area contributed by atoms with Crippen molar-refractivity contribution >= 4 is 11.8 Å². The third-order valence-electron chi connectivity index (χ3n) is 7.01. The smallest absolute Gasteiger partial charge is 0.225 e. The molecule has 2 N–H and O–H groups in total. The fourth-order valence-corrected chi connectivity index (χ4v) is 5.19. The molecule has 168 valence electrons. The van der Waals surface area contributed by atoms with Crippen molar-refractivity contribution in [3.05, 3.63) is 46.6 Å². The standard InChI is InChI=1S/C26H39N5/c1-4-20-9-5-6-10-21(20)18-27-17-19-13-15-22(16-14-19)28-26-29-24-12-8-7-11-23(24)25(30-26)31(2)3/h5-6,9-10,19,22,27H,4,7-8,11-18H2,1-3H3,(H,28,29,30)/t19-,22+. The van der Waals surface area contributed by atoms with Gasteiger partial charge in [0.2, 0.25) is 5.95 Å². The number of nitrogens with one attached hydrogen (secondary N) is 2. The number of aromatic nitrogens is 2. The van der Waals surface area contributed by atoms with Crippen molar-refractivity contribution in [1.82, 2.24) is 15.3 Å². The highest BCUT2D eigenvalue weighted by Gasteiger charge is 2.24. The van der Waals surface area contributed by atoms with Gasteiger partial charge in [0.1, 0.15) is 5.82 Å². The zero-order valence-electron chi connectivity index (χ0n) is 19.6. The molecule has 5 heteroatoms. The summed E-state index contributed by atoms with van der Waals surface area (Å²) in [5.74, 6) is 2.72. The summed E-state index contributed by atoms with van der Waals surface area (Å²) in [6, 6.07) is 9.29. The maximum Gasteiger partial charge on any atom is 0.225 e. The van der Waals surface area contributed by atoms with E-state index in [2.05, 4.69) is 60.8 Å². The molecule has 1 saturated carbocycles. The van der Waals surface area contributed by atoms with E-state index in [1.807, 2.05) is 0 Å². The maximum absolute atomic E-state index is 4.91. The van der Waals surface area contributed by atoms with Crippen LogP contribution in [0.5, 0.6) is 0 Å². The Kier molecular flexibility index (Phi) is 7.44. The Morgan fingerprint density at radius 3 is 2.45 bits per heavy atom. The summed E-state index contributed by atoms with van der Waals surface area (Å²) in [6.45, 7) is 4.34. The highest BCUT2D eigenvalue weighted by molar-refractivity contribution is 5.52. The Morgan fingerprint density at radius 1 is 0.968 bits per heavy atom. The lowest BCUT2D eigenvalue weighted by Crippen LogP contribution is -2.32. The lowest BCUT2D eigenvalue weighted by atomic mass is 9.86. The van der Waals surface area contributed by atoms with Gasteiger partial charge in [-0.2, -0.15) is 4.98 Å². The third-order valence-corrected chi connectivity index (χ3v) is 7.01. The number of nitrogens with zero attached hydrogens (tertiary/aromatic N) is 3. The Hall–Kier alpha value is -2.14. The van der Waals surface area contributed by atoms with E-state index in [1.54, 1.807) is 0 Å². The number of fused-ring (bicyclic) bond motifs is 1. The van der Waals surface area contributed by atoms with Gasteiger partial charge in [-0.25, -0.2) is 4.98 Å². The van der Waals surface area contributed by atoms with E-state index in [9.17, 15) is 0 Å². The first-order valence-corrected chi connectivity index (χ1v) is 12.2. The summed E-state index contributed by atoms with van der Waals surface area (Å²) in [7, 11) is 4.19. The zero-order chi connectivity index (χ0) is 21.6. The highest BCUT2D eigenvalue weighted by Crippen LogP contribution is 2.30. The average Bonchev–Trinajstić information content (AvgIpc) is 2.80. The topological polar surface area (TPSA) is 53.1 Å². The van der Waals surface area contributed by atoms with Gasteiger partial charge in [-0.15, -0.1) is 0 Å². The number of anilines is 2. The van der Waals surface area contributed by atoms with Crippen molar-refractivity contribution in [2.45, 2.75) is 77.3 Å². The van der Waals surface area contributed by atoms with Crippen LogP contribution in [-0.4, -0.2) is 36.6 Å².